The second-order valence-corrected chi connectivity index (χ2v) is 5.57. The molecule has 0 spiro atoms. The number of hydrogen-bond acceptors (Lipinski definition) is 2. The molecule has 20 heavy (non-hydrogen) atoms. The van der Waals surface area contributed by atoms with Crippen molar-refractivity contribution in [3.63, 3.8) is 0 Å². The van der Waals surface area contributed by atoms with Crippen LogP contribution >= 0.6 is 23.2 Å². The number of nitrogens with zero attached hydrogens (tertiary/aromatic N) is 1. The average Bonchev–Trinajstić information content (AvgIpc) is 2.46. The third-order valence-corrected chi connectivity index (χ3v) is 3.90. The van der Waals surface area contributed by atoms with E-state index >= 15 is 0 Å². The summed E-state index contributed by atoms with van der Waals surface area (Å²) < 4.78 is 0. The van der Waals surface area contributed by atoms with Crippen molar-refractivity contribution >= 4 is 23.2 Å². The van der Waals surface area contributed by atoms with E-state index in [0.717, 1.165) is 35.1 Å². The normalized spacial score (nSPS) is 12.3. The predicted molar refractivity (Wildman–Crippen MR) is 85.7 cm³/mol. The Bertz CT molecular complexity index is 540. The minimum atomic E-state index is 0.368. The molecule has 2 aromatic rings. The molecule has 2 rings (SSSR count). The number of aromatic nitrogens is 1. The molecule has 1 N–H and O–H groups in total. The Morgan fingerprint density at radius 1 is 1.15 bits per heavy atom. The monoisotopic (exact) mass is 308 g/mol. The van der Waals surface area contributed by atoms with Crippen LogP contribution in [-0.2, 0) is 6.42 Å². The molecule has 1 heterocycles. The summed E-state index contributed by atoms with van der Waals surface area (Å²) in [6, 6.07) is 10.0. The van der Waals surface area contributed by atoms with Gasteiger partial charge >= 0.3 is 0 Å². The number of pyridine rings is 1. The summed E-state index contributed by atoms with van der Waals surface area (Å²) in [6.07, 6.45) is 4.37. The van der Waals surface area contributed by atoms with Gasteiger partial charge in [0.1, 0.15) is 0 Å². The largest absolute Gasteiger partial charge is 0.316 e. The molecule has 0 bridgehead atoms. The lowest BCUT2D eigenvalue weighted by Crippen LogP contribution is -2.22. The van der Waals surface area contributed by atoms with Crippen molar-refractivity contribution in [1.82, 2.24) is 10.3 Å². The number of rotatable bonds is 6. The maximum Gasteiger partial charge on any atom is 0.0621 e. The van der Waals surface area contributed by atoms with Crippen LogP contribution in [0.1, 0.15) is 24.0 Å². The van der Waals surface area contributed by atoms with Crippen LogP contribution in [0.2, 0.25) is 10.0 Å². The highest BCUT2D eigenvalue weighted by atomic mass is 35.5. The Hall–Kier alpha value is -1.09. The molecule has 1 aromatic heterocycles. The van der Waals surface area contributed by atoms with Crippen molar-refractivity contribution < 1.29 is 0 Å². The first-order valence-corrected chi connectivity index (χ1v) is 7.51. The molecule has 0 amide bonds. The minimum absolute atomic E-state index is 0.368. The van der Waals surface area contributed by atoms with Gasteiger partial charge in [-0.2, -0.15) is 0 Å². The van der Waals surface area contributed by atoms with Gasteiger partial charge in [0, 0.05) is 29.9 Å². The van der Waals surface area contributed by atoms with E-state index in [-0.39, 0.29) is 0 Å². The van der Waals surface area contributed by atoms with Gasteiger partial charge < -0.3 is 5.32 Å². The van der Waals surface area contributed by atoms with E-state index in [1.807, 2.05) is 18.2 Å². The van der Waals surface area contributed by atoms with E-state index in [4.69, 9.17) is 23.2 Å². The highest BCUT2D eigenvalue weighted by Crippen LogP contribution is 2.25. The summed E-state index contributed by atoms with van der Waals surface area (Å²) in [5.74, 6) is 0.368. The lowest BCUT2D eigenvalue weighted by molar-refractivity contribution is 0.595. The molecule has 4 heteroatoms. The number of likely N-dealkylation sites (N-methyl/N-ethyl adjacent to an activating group) is 1. The van der Waals surface area contributed by atoms with Gasteiger partial charge in [-0.25, -0.2) is 0 Å². The molecule has 1 unspecified atom stereocenters. The molecule has 0 aliphatic carbocycles. The second-order valence-electron chi connectivity index (χ2n) is 4.73. The van der Waals surface area contributed by atoms with Gasteiger partial charge in [0.2, 0.25) is 0 Å². The third-order valence-electron chi connectivity index (χ3n) is 3.30. The maximum atomic E-state index is 6.21. The molecule has 0 radical (unpaired) electrons. The van der Waals surface area contributed by atoms with Crippen molar-refractivity contribution in [1.29, 1.82) is 0 Å². The molecule has 2 nitrogen and oxygen atoms in total. The first kappa shape index (κ1) is 15.3. The van der Waals surface area contributed by atoms with Crippen molar-refractivity contribution in [3.8, 4) is 0 Å². The lowest BCUT2D eigenvalue weighted by atomic mass is 9.92. The summed E-state index contributed by atoms with van der Waals surface area (Å²) in [7, 11) is 0. The summed E-state index contributed by atoms with van der Waals surface area (Å²) >= 11 is 12.2. The van der Waals surface area contributed by atoms with Crippen molar-refractivity contribution in [2.45, 2.75) is 19.3 Å². The fraction of sp³-hybridized carbons (Fsp3) is 0.312. The van der Waals surface area contributed by atoms with Gasteiger partial charge in [-0.3, -0.25) is 4.98 Å². The fourth-order valence-corrected chi connectivity index (χ4v) is 2.52. The SMILES string of the molecule is CCNCC(Cc1ccncc1Cl)c1ccc(Cl)cc1. The number of benzene rings is 1. The Morgan fingerprint density at radius 3 is 2.55 bits per heavy atom. The zero-order valence-corrected chi connectivity index (χ0v) is 13.0. The minimum Gasteiger partial charge on any atom is -0.316 e. The van der Waals surface area contributed by atoms with Gasteiger partial charge in [-0.05, 0) is 42.3 Å². The Kier molecular flexibility index (Phi) is 5.84. The zero-order chi connectivity index (χ0) is 14.4. The van der Waals surface area contributed by atoms with Crippen LogP contribution in [0.25, 0.3) is 0 Å². The van der Waals surface area contributed by atoms with Crippen LogP contribution in [-0.4, -0.2) is 18.1 Å². The predicted octanol–water partition coefficient (Wildman–Crippen LogP) is 4.32. The Labute approximate surface area is 130 Å². The van der Waals surface area contributed by atoms with Crippen LogP contribution in [0, 0.1) is 0 Å². The van der Waals surface area contributed by atoms with E-state index in [0.29, 0.717) is 5.92 Å². The van der Waals surface area contributed by atoms with Gasteiger partial charge in [-0.15, -0.1) is 0 Å². The van der Waals surface area contributed by atoms with E-state index in [9.17, 15) is 0 Å². The smallest absolute Gasteiger partial charge is 0.0621 e. The van der Waals surface area contributed by atoms with E-state index in [2.05, 4.69) is 29.4 Å². The Balaban J connectivity index is 2.19. The molecule has 0 aliphatic heterocycles. The quantitative estimate of drug-likeness (QED) is 0.859. The van der Waals surface area contributed by atoms with E-state index in [1.54, 1.807) is 12.4 Å². The molecule has 1 aromatic carbocycles. The van der Waals surface area contributed by atoms with Gasteiger partial charge in [0.15, 0.2) is 0 Å². The number of nitrogens with one attached hydrogen (secondary N) is 1. The van der Waals surface area contributed by atoms with Gasteiger partial charge in [-0.1, -0.05) is 42.3 Å². The van der Waals surface area contributed by atoms with Gasteiger partial charge in [0.25, 0.3) is 0 Å². The summed E-state index contributed by atoms with van der Waals surface area (Å²) in [5.41, 5.74) is 2.39. The average molecular weight is 309 g/mol. The summed E-state index contributed by atoms with van der Waals surface area (Å²) in [5, 5.41) is 4.90. The van der Waals surface area contributed by atoms with E-state index in [1.165, 1.54) is 5.56 Å². The third kappa shape index (κ3) is 4.20. The lowest BCUT2D eigenvalue weighted by Gasteiger charge is -2.18. The highest BCUT2D eigenvalue weighted by Gasteiger charge is 2.13. The fourth-order valence-electron chi connectivity index (χ4n) is 2.20. The zero-order valence-electron chi connectivity index (χ0n) is 11.4. The Morgan fingerprint density at radius 2 is 1.90 bits per heavy atom. The molecule has 0 saturated carbocycles. The summed E-state index contributed by atoms with van der Waals surface area (Å²) in [6.45, 7) is 3.98. The molecular formula is C16H18Cl2N2. The first-order valence-electron chi connectivity index (χ1n) is 6.75. The summed E-state index contributed by atoms with van der Waals surface area (Å²) in [4.78, 5) is 4.03. The molecule has 0 aliphatic rings. The second kappa shape index (κ2) is 7.63. The van der Waals surface area contributed by atoms with Crippen molar-refractivity contribution in [2.24, 2.45) is 0 Å². The molecule has 1 atom stereocenters. The molecular weight excluding hydrogens is 291 g/mol. The van der Waals surface area contributed by atoms with E-state index < -0.39 is 0 Å². The highest BCUT2D eigenvalue weighted by molar-refractivity contribution is 6.31. The topological polar surface area (TPSA) is 24.9 Å². The van der Waals surface area contributed by atoms with Crippen molar-refractivity contribution in [2.75, 3.05) is 13.1 Å². The van der Waals surface area contributed by atoms with Gasteiger partial charge in [0.05, 0.1) is 5.02 Å². The standard InChI is InChI=1S/C16H18Cl2N2/c1-2-19-10-14(12-3-5-15(17)6-4-12)9-13-7-8-20-11-16(13)18/h3-8,11,14,19H,2,9-10H2,1H3. The molecule has 106 valence electrons. The van der Waals surface area contributed by atoms with Crippen LogP contribution in [0.3, 0.4) is 0 Å². The van der Waals surface area contributed by atoms with Crippen LogP contribution in [0.4, 0.5) is 0 Å². The van der Waals surface area contributed by atoms with Crippen LogP contribution in [0.15, 0.2) is 42.7 Å². The van der Waals surface area contributed by atoms with Crippen LogP contribution < -0.4 is 5.32 Å². The van der Waals surface area contributed by atoms with Crippen LogP contribution in [0.5, 0.6) is 0 Å². The number of halogens is 2. The van der Waals surface area contributed by atoms with Crippen molar-refractivity contribution in [3.05, 3.63) is 63.9 Å². The molecule has 0 saturated heterocycles. The molecule has 0 fully saturated rings. The maximum absolute atomic E-state index is 6.21. The first-order chi connectivity index (χ1) is 9.70. The number of hydrogen-bond donors (Lipinski definition) is 1.